The van der Waals surface area contributed by atoms with Gasteiger partial charge in [-0.1, -0.05) is 19.1 Å². The molecule has 1 aromatic heterocycles. The van der Waals surface area contributed by atoms with Crippen molar-refractivity contribution in [2.45, 2.75) is 26.5 Å². The monoisotopic (exact) mass is 426 g/mol. The number of anilines is 1. The molecule has 0 amide bonds. The van der Waals surface area contributed by atoms with E-state index in [4.69, 9.17) is 14.4 Å². The molecule has 0 unspecified atom stereocenters. The highest BCUT2D eigenvalue weighted by molar-refractivity contribution is 5.83. The van der Waals surface area contributed by atoms with Crippen molar-refractivity contribution in [3.05, 3.63) is 99.4 Å². The predicted octanol–water partition coefficient (Wildman–Crippen LogP) is 5.12. The van der Waals surface area contributed by atoms with Crippen molar-refractivity contribution in [2.24, 2.45) is 0 Å². The molecule has 4 rings (SSSR count). The highest BCUT2D eigenvalue weighted by Crippen LogP contribution is 2.27. The maximum atomic E-state index is 11.9. The lowest BCUT2D eigenvalue weighted by Gasteiger charge is -2.11. The van der Waals surface area contributed by atoms with Crippen LogP contribution in [0.25, 0.3) is 11.0 Å². The van der Waals surface area contributed by atoms with Crippen LogP contribution in [0.5, 0.6) is 11.5 Å². The molecule has 2 N–H and O–H groups in total. The Labute approximate surface area is 185 Å². The highest BCUT2D eigenvalue weighted by Gasteiger charge is 2.10. The maximum Gasteiger partial charge on any atom is 0.336 e. The van der Waals surface area contributed by atoms with Gasteiger partial charge in [0.05, 0.1) is 11.6 Å². The van der Waals surface area contributed by atoms with Crippen LogP contribution < -0.4 is 15.7 Å². The van der Waals surface area contributed by atoms with Crippen LogP contribution in [-0.4, -0.2) is 5.11 Å². The molecule has 0 radical (unpaired) electrons. The van der Waals surface area contributed by atoms with E-state index in [2.05, 4.69) is 11.4 Å². The molecule has 0 atom stereocenters. The van der Waals surface area contributed by atoms with Gasteiger partial charge in [-0.25, -0.2) is 4.79 Å². The lowest BCUT2D eigenvalue weighted by atomic mass is 10.0. The average molecular weight is 426 g/mol. The van der Waals surface area contributed by atoms with Crippen LogP contribution in [0, 0.1) is 11.3 Å². The van der Waals surface area contributed by atoms with Crippen LogP contribution in [0.1, 0.15) is 29.2 Å². The van der Waals surface area contributed by atoms with Gasteiger partial charge < -0.3 is 19.6 Å². The van der Waals surface area contributed by atoms with Crippen LogP contribution in [-0.2, 0) is 19.6 Å². The summed E-state index contributed by atoms with van der Waals surface area (Å²) in [6, 6.07) is 21.8. The molecule has 0 bridgehead atoms. The van der Waals surface area contributed by atoms with Crippen LogP contribution in [0.3, 0.4) is 0 Å². The van der Waals surface area contributed by atoms with Gasteiger partial charge in [-0.05, 0) is 65.6 Å². The maximum absolute atomic E-state index is 11.9. The topological polar surface area (TPSA) is 95.5 Å². The van der Waals surface area contributed by atoms with Crippen molar-refractivity contribution < 1.29 is 14.3 Å². The zero-order chi connectivity index (χ0) is 22.5. The summed E-state index contributed by atoms with van der Waals surface area (Å²) in [4.78, 5) is 11.9. The smallest absolute Gasteiger partial charge is 0.336 e. The Morgan fingerprint density at radius 3 is 2.62 bits per heavy atom. The van der Waals surface area contributed by atoms with E-state index in [0.717, 1.165) is 27.8 Å². The SMILES string of the molecule is CCc1cc2c(CNc3ccc(OCc4cccc(C#N)c4)cc3)cc(=O)oc2cc1O. The Morgan fingerprint density at radius 1 is 1.06 bits per heavy atom. The number of nitriles is 1. The second kappa shape index (κ2) is 9.27. The van der Waals surface area contributed by atoms with Crippen molar-refractivity contribution in [1.82, 2.24) is 0 Å². The predicted molar refractivity (Wildman–Crippen MR) is 123 cm³/mol. The van der Waals surface area contributed by atoms with Crippen molar-refractivity contribution >= 4 is 16.7 Å². The molecule has 0 saturated heterocycles. The van der Waals surface area contributed by atoms with Crippen molar-refractivity contribution in [1.29, 1.82) is 5.26 Å². The lowest BCUT2D eigenvalue weighted by Crippen LogP contribution is -2.06. The fraction of sp³-hybridized carbons (Fsp3) is 0.154. The standard InChI is InChI=1S/C26H22N2O4/c1-2-19-11-23-20(12-26(30)32-25(23)13-24(19)29)15-28-21-6-8-22(9-7-21)31-16-18-5-3-4-17(10-18)14-27/h3-13,28-29H,2,15-16H2,1H3. The van der Waals surface area contributed by atoms with E-state index in [1.54, 1.807) is 12.1 Å². The molecule has 6 heteroatoms. The fourth-order valence-corrected chi connectivity index (χ4v) is 3.50. The zero-order valence-electron chi connectivity index (χ0n) is 17.6. The molecular weight excluding hydrogens is 404 g/mol. The number of rotatable bonds is 7. The van der Waals surface area contributed by atoms with E-state index in [9.17, 15) is 9.90 Å². The number of hydrogen-bond acceptors (Lipinski definition) is 6. The lowest BCUT2D eigenvalue weighted by molar-refractivity contribution is 0.306. The summed E-state index contributed by atoms with van der Waals surface area (Å²) < 4.78 is 11.1. The second-order valence-electron chi connectivity index (χ2n) is 7.40. The van der Waals surface area contributed by atoms with Gasteiger partial charge in [-0.3, -0.25) is 0 Å². The molecule has 0 aliphatic carbocycles. The number of phenols is 1. The van der Waals surface area contributed by atoms with Crippen LogP contribution in [0.2, 0.25) is 0 Å². The summed E-state index contributed by atoms with van der Waals surface area (Å²) in [5.41, 5.74) is 3.92. The van der Waals surface area contributed by atoms with E-state index in [1.165, 1.54) is 12.1 Å². The molecule has 32 heavy (non-hydrogen) atoms. The van der Waals surface area contributed by atoms with Gasteiger partial charge in [-0.2, -0.15) is 5.26 Å². The third kappa shape index (κ3) is 4.73. The number of fused-ring (bicyclic) bond motifs is 1. The minimum atomic E-state index is -0.456. The zero-order valence-corrected chi connectivity index (χ0v) is 17.6. The van der Waals surface area contributed by atoms with Crippen LogP contribution >= 0.6 is 0 Å². The van der Waals surface area contributed by atoms with Crippen LogP contribution in [0.4, 0.5) is 5.69 Å². The normalized spacial score (nSPS) is 10.6. The molecule has 0 fully saturated rings. The van der Waals surface area contributed by atoms with Gasteiger partial charge in [0.15, 0.2) is 0 Å². The average Bonchev–Trinajstić information content (AvgIpc) is 2.81. The number of nitrogens with one attached hydrogen (secondary N) is 1. The quantitative estimate of drug-likeness (QED) is 0.398. The number of aromatic hydroxyl groups is 1. The van der Waals surface area contributed by atoms with Crippen molar-refractivity contribution in [3.8, 4) is 17.6 Å². The molecular formula is C26H22N2O4. The number of aryl methyl sites for hydroxylation is 1. The van der Waals surface area contributed by atoms with Gasteiger partial charge in [-0.15, -0.1) is 0 Å². The van der Waals surface area contributed by atoms with Crippen molar-refractivity contribution in [2.75, 3.05) is 5.32 Å². The Bertz CT molecular complexity index is 1350. The Morgan fingerprint density at radius 2 is 1.88 bits per heavy atom. The molecule has 160 valence electrons. The van der Waals surface area contributed by atoms with E-state index in [-0.39, 0.29) is 5.75 Å². The van der Waals surface area contributed by atoms with Crippen molar-refractivity contribution in [3.63, 3.8) is 0 Å². The number of benzene rings is 3. The Hall–Kier alpha value is -4.24. The Balaban J connectivity index is 1.45. The van der Waals surface area contributed by atoms with Crippen LogP contribution in [0.15, 0.2) is 75.9 Å². The summed E-state index contributed by atoms with van der Waals surface area (Å²) in [7, 11) is 0. The Kier molecular flexibility index (Phi) is 6.09. The summed E-state index contributed by atoms with van der Waals surface area (Å²) >= 11 is 0. The molecule has 0 saturated carbocycles. The molecule has 3 aromatic carbocycles. The van der Waals surface area contributed by atoms with Gasteiger partial charge in [0, 0.05) is 29.8 Å². The van der Waals surface area contributed by atoms with E-state index in [0.29, 0.717) is 36.5 Å². The molecule has 0 aliphatic rings. The summed E-state index contributed by atoms with van der Waals surface area (Å²) in [5.74, 6) is 0.843. The van der Waals surface area contributed by atoms with Gasteiger partial charge >= 0.3 is 5.63 Å². The largest absolute Gasteiger partial charge is 0.508 e. The third-order valence-electron chi connectivity index (χ3n) is 5.21. The highest BCUT2D eigenvalue weighted by atomic mass is 16.5. The van der Waals surface area contributed by atoms with Gasteiger partial charge in [0.25, 0.3) is 0 Å². The first-order chi connectivity index (χ1) is 15.6. The minimum Gasteiger partial charge on any atom is -0.508 e. The second-order valence-corrected chi connectivity index (χ2v) is 7.40. The van der Waals surface area contributed by atoms with E-state index < -0.39 is 5.63 Å². The molecule has 0 aliphatic heterocycles. The summed E-state index contributed by atoms with van der Waals surface area (Å²) in [5, 5.41) is 23.2. The first-order valence-electron chi connectivity index (χ1n) is 10.3. The van der Waals surface area contributed by atoms with Gasteiger partial charge in [0.2, 0.25) is 0 Å². The summed E-state index contributed by atoms with van der Waals surface area (Å²) in [6.45, 7) is 2.76. The van der Waals surface area contributed by atoms with E-state index in [1.807, 2.05) is 49.4 Å². The third-order valence-corrected chi connectivity index (χ3v) is 5.21. The number of ether oxygens (including phenoxy) is 1. The molecule has 6 nitrogen and oxygen atoms in total. The first kappa shape index (κ1) is 21.0. The number of hydrogen-bond donors (Lipinski definition) is 2. The molecule has 1 heterocycles. The fourth-order valence-electron chi connectivity index (χ4n) is 3.50. The molecule has 4 aromatic rings. The minimum absolute atomic E-state index is 0.128. The van der Waals surface area contributed by atoms with E-state index >= 15 is 0 Å². The summed E-state index contributed by atoms with van der Waals surface area (Å²) in [6.07, 6.45) is 0.677. The number of nitrogens with zero attached hydrogens (tertiary/aromatic N) is 1. The first-order valence-corrected chi connectivity index (χ1v) is 10.3. The molecule has 0 spiro atoms. The van der Waals surface area contributed by atoms with Gasteiger partial charge in [0.1, 0.15) is 23.7 Å². The number of phenolic OH excluding ortho intramolecular Hbond substituents is 1.